The van der Waals surface area contributed by atoms with Crippen LogP contribution in [0.5, 0.6) is 0 Å². The van der Waals surface area contributed by atoms with Crippen molar-refractivity contribution in [1.29, 1.82) is 0 Å². The first kappa shape index (κ1) is 11.7. The van der Waals surface area contributed by atoms with Crippen molar-refractivity contribution in [1.82, 2.24) is 10.2 Å². The summed E-state index contributed by atoms with van der Waals surface area (Å²) < 4.78 is 1.31. The van der Waals surface area contributed by atoms with Crippen molar-refractivity contribution in [3.05, 3.63) is 33.8 Å². The van der Waals surface area contributed by atoms with Crippen LogP contribution in [0.4, 0.5) is 0 Å². The van der Waals surface area contributed by atoms with Crippen LogP contribution in [0.15, 0.2) is 22.7 Å². The molecule has 0 spiro atoms. The molecule has 0 atom stereocenters. The molecular weight excluding hydrogens is 276 g/mol. The number of halogens is 1. The van der Waals surface area contributed by atoms with Crippen LogP contribution in [0.1, 0.15) is 29.9 Å². The largest absolute Gasteiger partial charge is 0.314 e. The Morgan fingerprint density at radius 3 is 2.65 bits per heavy atom. The van der Waals surface area contributed by atoms with E-state index < -0.39 is 0 Å². The molecule has 3 heteroatoms. The highest BCUT2D eigenvalue weighted by atomic mass is 79.9. The zero-order chi connectivity index (χ0) is 11.7. The Kier molecular flexibility index (Phi) is 3.50. The van der Waals surface area contributed by atoms with Crippen LogP contribution in [-0.4, -0.2) is 31.1 Å². The van der Waals surface area contributed by atoms with Crippen molar-refractivity contribution in [3.8, 4) is 0 Å². The van der Waals surface area contributed by atoms with Crippen LogP contribution < -0.4 is 5.32 Å². The molecule has 1 aromatic rings. The monoisotopic (exact) mass is 294 g/mol. The van der Waals surface area contributed by atoms with E-state index in [1.807, 2.05) is 0 Å². The fourth-order valence-electron chi connectivity index (χ4n) is 2.52. The van der Waals surface area contributed by atoms with Gasteiger partial charge in [0.05, 0.1) is 0 Å². The molecular formula is C14H19BrN2. The quantitative estimate of drug-likeness (QED) is 0.922. The van der Waals surface area contributed by atoms with E-state index >= 15 is 0 Å². The molecule has 2 fully saturated rings. The minimum atomic E-state index is 0.831. The highest BCUT2D eigenvalue weighted by molar-refractivity contribution is 9.10. The number of hydrogen-bond acceptors (Lipinski definition) is 2. The molecule has 1 saturated heterocycles. The van der Waals surface area contributed by atoms with Gasteiger partial charge >= 0.3 is 0 Å². The number of benzene rings is 1. The van der Waals surface area contributed by atoms with Gasteiger partial charge in [-0.2, -0.15) is 0 Å². The number of hydrogen-bond donors (Lipinski definition) is 1. The summed E-state index contributed by atoms with van der Waals surface area (Å²) in [6.07, 6.45) is 2.74. The third-order valence-electron chi connectivity index (χ3n) is 3.70. The molecule has 1 aliphatic carbocycles. The second-order valence-electron chi connectivity index (χ2n) is 5.16. The van der Waals surface area contributed by atoms with E-state index in [1.165, 1.54) is 41.5 Å². The van der Waals surface area contributed by atoms with Gasteiger partial charge in [-0.15, -0.1) is 0 Å². The molecule has 2 aliphatic rings. The van der Waals surface area contributed by atoms with Gasteiger partial charge in [0.15, 0.2) is 0 Å². The zero-order valence-corrected chi connectivity index (χ0v) is 11.7. The Bertz CT molecular complexity index is 395. The third kappa shape index (κ3) is 2.90. The van der Waals surface area contributed by atoms with Crippen LogP contribution in [0, 0.1) is 0 Å². The predicted molar refractivity (Wildman–Crippen MR) is 74.3 cm³/mol. The SMILES string of the molecule is Brc1cc(CN2CCNCC2)ccc1C1CC1. The molecule has 1 saturated carbocycles. The molecule has 0 bridgehead atoms. The van der Waals surface area contributed by atoms with Gasteiger partial charge in [-0.1, -0.05) is 28.1 Å². The maximum Gasteiger partial charge on any atom is 0.0235 e. The van der Waals surface area contributed by atoms with Gasteiger partial charge in [-0.05, 0) is 36.0 Å². The van der Waals surface area contributed by atoms with Gasteiger partial charge in [0, 0.05) is 37.2 Å². The maximum atomic E-state index is 3.72. The van der Waals surface area contributed by atoms with Crippen LogP contribution >= 0.6 is 15.9 Å². The molecule has 0 radical (unpaired) electrons. The third-order valence-corrected chi connectivity index (χ3v) is 4.38. The molecule has 2 nitrogen and oxygen atoms in total. The van der Waals surface area contributed by atoms with Gasteiger partial charge in [-0.25, -0.2) is 0 Å². The van der Waals surface area contributed by atoms with Crippen LogP contribution in [0.3, 0.4) is 0 Å². The Labute approximate surface area is 112 Å². The first-order valence-corrected chi connectivity index (χ1v) is 7.33. The van der Waals surface area contributed by atoms with Crippen LogP contribution in [-0.2, 0) is 6.54 Å². The van der Waals surface area contributed by atoms with Crippen molar-refractivity contribution >= 4 is 15.9 Å². The van der Waals surface area contributed by atoms with E-state index in [-0.39, 0.29) is 0 Å². The van der Waals surface area contributed by atoms with Crippen molar-refractivity contribution in [3.63, 3.8) is 0 Å². The molecule has 1 aromatic carbocycles. The van der Waals surface area contributed by atoms with E-state index in [9.17, 15) is 0 Å². The Balaban J connectivity index is 1.68. The standard InChI is InChI=1S/C14H19BrN2/c15-14-9-11(1-4-13(14)12-2-3-12)10-17-7-5-16-6-8-17/h1,4,9,12,16H,2-3,5-8,10H2. The predicted octanol–water partition coefficient (Wildman–Crippen LogP) is 2.73. The Hall–Kier alpha value is -0.380. The summed E-state index contributed by atoms with van der Waals surface area (Å²) in [5.74, 6) is 0.831. The van der Waals surface area contributed by atoms with Gasteiger partial charge in [0.2, 0.25) is 0 Å². The van der Waals surface area contributed by atoms with E-state index in [0.717, 1.165) is 25.6 Å². The molecule has 0 unspecified atom stereocenters. The van der Waals surface area contributed by atoms with Crippen LogP contribution in [0.2, 0.25) is 0 Å². The van der Waals surface area contributed by atoms with Gasteiger partial charge in [-0.3, -0.25) is 4.90 Å². The average molecular weight is 295 g/mol. The number of nitrogens with one attached hydrogen (secondary N) is 1. The van der Waals surface area contributed by atoms with Crippen molar-refractivity contribution in [2.45, 2.75) is 25.3 Å². The molecule has 17 heavy (non-hydrogen) atoms. The molecule has 0 amide bonds. The van der Waals surface area contributed by atoms with E-state index in [1.54, 1.807) is 0 Å². The highest BCUT2D eigenvalue weighted by Gasteiger charge is 2.25. The number of piperazine rings is 1. The maximum absolute atomic E-state index is 3.72. The van der Waals surface area contributed by atoms with E-state index in [0.29, 0.717) is 0 Å². The first-order valence-electron chi connectivity index (χ1n) is 6.54. The summed E-state index contributed by atoms with van der Waals surface area (Å²) in [6.45, 7) is 5.68. The van der Waals surface area contributed by atoms with E-state index in [4.69, 9.17) is 0 Å². The first-order chi connectivity index (χ1) is 8.33. The second kappa shape index (κ2) is 5.09. The summed E-state index contributed by atoms with van der Waals surface area (Å²) >= 11 is 3.72. The molecule has 1 heterocycles. The topological polar surface area (TPSA) is 15.3 Å². The second-order valence-corrected chi connectivity index (χ2v) is 6.01. The average Bonchev–Trinajstić information content (AvgIpc) is 3.15. The zero-order valence-electron chi connectivity index (χ0n) is 10.1. The fourth-order valence-corrected chi connectivity index (χ4v) is 3.27. The molecule has 92 valence electrons. The molecule has 1 aliphatic heterocycles. The van der Waals surface area contributed by atoms with Gasteiger partial charge in [0.1, 0.15) is 0 Å². The number of rotatable bonds is 3. The molecule has 0 aromatic heterocycles. The summed E-state index contributed by atoms with van der Waals surface area (Å²) in [6, 6.07) is 6.94. The minimum Gasteiger partial charge on any atom is -0.314 e. The lowest BCUT2D eigenvalue weighted by atomic mass is 10.1. The smallest absolute Gasteiger partial charge is 0.0235 e. The summed E-state index contributed by atoms with van der Waals surface area (Å²) in [5, 5.41) is 3.39. The summed E-state index contributed by atoms with van der Waals surface area (Å²) in [5.41, 5.74) is 2.94. The summed E-state index contributed by atoms with van der Waals surface area (Å²) in [4.78, 5) is 2.52. The lowest BCUT2D eigenvalue weighted by Gasteiger charge is -2.27. The van der Waals surface area contributed by atoms with Crippen molar-refractivity contribution < 1.29 is 0 Å². The van der Waals surface area contributed by atoms with E-state index in [2.05, 4.69) is 44.3 Å². The Morgan fingerprint density at radius 2 is 2.00 bits per heavy atom. The highest BCUT2D eigenvalue weighted by Crippen LogP contribution is 2.43. The molecule has 3 rings (SSSR count). The Morgan fingerprint density at radius 1 is 1.24 bits per heavy atom. The lowest BCUT2D eigenvalue weighted by Crippen LogP contribution is -2.42. The molecule has 1 N–H and O–H groups in total. The van der Waals surface area contributed by atoms with Gasteiger partial charge in [0.25, 0.3) is 0 Å². The van der Waals surface area contributed by atoms with Gasteiger partial charge < -0.3 is 5.32 Å². The van der Waals surface area contributed by atoms with Crippen molar-refractivity contribution in [2.24, 2.45) is 0 Å². The van der Waals surface area contributed by atoms with Crippen LogP contribution in [0.25, 0.3) is 0 Å². The summed E-state index contributed by atoms with van der Waals surface area (Å²) in [7, 11) is 0. The van der Waals surface area contributed by atoms with Crippen molar-refractivity contribution in [2.75, 3.05) is 26.2 Å². The number of nitrogens with zero attached hydrogens (tertiary/aromatic N) is 1. The lowest BCUT2D eigenvalue weighted by molar-refractivity contribution is 0.233. The fraction of sp³-hybridized carbons (Fsp3) is 0.571. The minimum absolute atomic E-state index is 0.831. The normalized spacial score (nSPS) is 21.7.